The zero-order chi connectivity index (χ0) is 27.8. The maximum atomic E-state index is 15.2. The van der Waals surface area contributed by atoms with Crippen molar-refractivity contribution >= 4 is 55.8 Å². The molecule has 7 nitrogen and oxygen atoms in total. The topological polar surface area (TPSA) is 113 Å². The van der Waals surface area contributed by atoms with E-state index < -0.39 is 68.2 Å². The number of benzene rings is 3. The van der Waals surface area contributed by atoms with Crippen molar-refractivity contribution in [3.8, 4) is 0 Å². The zero-order valence-corrected chi connectivity index (χ0v) is 22.9. The fraction of sp³-hybridized carbons (Fsp3) is 0.240. The Morgan fingerprint density at radius 3 is 2.32 bits per heavy atom. The van der Waals surface area contributed by atoms with Crippen LogP contribution in [0.2, 0.25) is 0 Å². The second-order valence-corrected chi connectivity index (χ2v) is 11.9. The smallest absolute Gasteiger partial charge is 0.299 e. The number of primary amides is 1. The van der Waals surface area contributed by atoms with Crippen LogP contribution in [0.25, 0.3) is 0 Å². The summed E-state index contributed by atoms with van der Waals surface area (Å²) in [5, 5.41) is 2.37. The molecule has 0 unspecified atom stereocenters. The first-order valence-corrected chi connectivity index (χ1v) is 14.0. The number of nitrogens with one attached hydrogen (secondary N) is 3. The molecule has 202 valence electrons. The Bertz CT molecular complexity index is 1530. The van der Waals surface area contributed by atoms with Crippen LogP contribution in [0.3, 0.4) is 0 Å². The Kier molecular flexibility index (Phi) is 7.91. The van der Waals surface area contributed by atoms with Crippen molar-refractivity contribution in [1.29, 1.82) is 0 Å². The van der Waals surface area contributed by atoms with Gasteiger partial charge in [-0.15, -0.1) is 0 Å². The molecule has 0 aliphatic heterocycles. The molecular weight excluding hydrogens is 639 g/mol. The van der Waals surface area contributed by atoms with Crippen LogP contribution in [0.4, 0.5) is 34.6 Å². The lowest BCUT2D eigenvalue weighted by molar-refractivity contribution is 0.100. The Labute approximate surface area is 230 Å². The predicted molar refractivity (Wildman–Crippen MR) is 144 cm³/mol. The van der Waals surface area contributed by atoms with E-state index in [1.54, 1.807) is 6.92 Å². The van der Waals surface area contributed by atoms with E-state index in [4.69, 9.17) is 5.73 Å². The largest absolute Gasteiger partial charge is 0.366 e. The summed E-state index contributed by atoms with van der Waals surface area (Å²) in [5.74, 6) is -5.81. The van der Waals surface area contributed by atoms with Crippen LogP contribution >= 0.6 is 22.6 Å². The van der Waals surface area contributed by atoms with Gasteiger partial charge in [-0.25, -0.2) is 17.6 Å². The average Bonchev–Trinajstić information content (AvgIpc) is 2.81. The van der Waals surface area contributed by atoms with E-state index in [9.17, 15) is 17.6 Å². The summed E-state index contributed by atoms with van der Waals surface area (Å²) >= 11 is 1.87. The number of amides is 1. The minimum absolute atomic E-state index is 0.168. The number of hydrogen-bond donors (Lipinski definition) is 4. The van der Waals surface area contributed by atoms with E-state index in [1.165, 1.54) is 30.3 Å². The summed E-state index contributed by atoms with van der Waals surface area (Å²) in [4.78, 5) is 12.1. The van der Waals surface area contributed by atoms with Crippen LogP contribution < -0.4 is 20.5 Å². The van der Waals surface area contributed by atoms with Crippen molar-refractivity contribution in [2.75, 3.05) is 10.0 Å². The number of halogens is 5. The summed E-state index contributed by atoms with van der Waals surface area (Å²) in [6.07, 6.45) is 1.62. The van der Waals surface area contributed by atoms with Crippen molar-refractivity contribution in [1.82, 2.24) is 4.72 Å². The summed E-state index contributed by atoms with van der Waals surface area (Å²) < 4.78 is 89.9. The molecule has 1 amide bonds. The molecule has 3 aromatic rings. The minimum Gasteiger partial charge on any atom is -0.366 e. The number of carbonyl (C=O) groups is 1. The molecule has 0 radical (unpaired) electrons. The number of rotatable bonds is 9. The lowest BCUT2D eigenvalue weighted by Gasteiger charge is -2.38. The van der Waals surface area contributed by atoms with Gasteiger partial charge in [-0.1, -0.05) is 12.1 Å². The molecule has 0 atom stereocenters. The maximum absolute atomic E-state index is 15.2. The van der Waals surface area contributed by atoms with Gasteiger partial charge in [0.15, 0.2) is 17.5 Å². The van der Waals surface area contributed by atoms with E-state index in [2.05, 4.69) is 14.8 Å². The summed E-state index contributed by atoms with van der Waals surface area (Å²) in [7, 11) is -4.11. The second-order valence-electron chi connectivity index (χ2n) is 9.28. The fourth-order valence-corrected chi connectivity index (χ4v) is 5.96. The van der Waals surface area contributed by atoms with Gasteiger partial charge in [0.05, 0.1) is 22.6 Å². The van der Waals surface area contributed by atoms with Crippen LogP contribution in [0.15, 0.2) is 42.5 Å². The van der Waals surface area contributed by atoms with Gasteiger partial charge in [0.1, 0.15) is 5.82 Å². The molecule has 0 heterocycles. The highest BCUT2D eigenvalue weighted by molar-refractivity contribution is 14.1. The van der Waals surface area contributed by atoms with Gasteiger partial charge in [0.2, 0.25) is 0 Å². The third-order valence-electron chi connectivity index (χ3n) is 6.28. The predicted octanol–water partition coefficient (Wildman–Crippen LogP) is 5.47. The fourth-order valence-electron chi connectivity index (χ4n) is 4.15. The third kappa shape index (κ3) is 6.04. The lowest BCUT2D eigenvalue weighted by Crippen LogP contribution is -2.52. The Balaban J connectivity index is 1.65. The molecule has 1 aliphatic carbocycles. The van der Waals surface area contributed by atoms with E-state index in [1.807, 2.05) is 22.6 Å². The van der Waals surface area contributed by atoms with Gasteiger partial charge in [0, 0.05) is 15.5 Å². The van der Waals surface area contributed by atoms with Gasteiger partial charge < -0.3 is 11.1 Å². The minimum atomic E-state index is -4.11. The second kappa shape index (κ2) is 10.7. The average molecular weight is 662 g/mol. The number of anilines is 3. The van der Waals surface area contributed by atoms with Gasteiger partial charge in [-0.2, -0.15) is 13.1 Å². The lowest BCUT2D eigenvalue weighted by atomic mass is 9.80. The van der Waals surface area contributed by atoms with E-state index in [0.29, 0.717) is 16.4 Å². The van der Waals surface area contributed by atoms with Crippen molar-refractivity contribution in [3.05, 3.63) is 86.0 Å². The molecule has 1 fully saturated rings. The van der Waals surface area contributed by atoms with Gasteiger partial charge >= 0.3 is 0 Å². The van der Waals surface area contributed by atoms with E-state index in [0.717, 1.165) is 18.6 Å². The number of hydrogen-bond acceptors (Lipinski definition) is 4. The molecule has 5 N–H and O–H groups in total. The van der Waals surface area contributed by atoms with Gasteiger partial charge in [-0.3, -0.25) is 9.52 Å². The summed E-state index contributed by atoms with van der Waals surface area (Å²) in [5.41, 5.74) is 2.43. The van der Waals surface area contributed by atoms with Crippen molar-refractivity contribution < 1.29 is 30.8 Å². The van der Waals surface area contributed by atoms with Gasteiger partial charge in [0.25, 0.3) is 16.1 Å². The monoisotopic (exact) mass is 662 g/mol. The first kappa shape index (κ1) is 28.1. The molecule has 13 heteroatoms. The van der Waals surface area contributed by atoms with Crippen molar-refractivity contribution in [3.63, 3.8) is 0 Å². The van der Waals surface area contributed by atoms with Crippen LogP contribution in [-0.2, 0) is 16.6 Å². The highest BCUT2D eigenvalue weighted by Crippen LogP contribution is 2.33. The van der Waals surface area contributed by atoms with Crippen LogP contribution in [0, 0.1) is 26.8 Å². The number of nitrogens with two attached hydrogens (primary N) is 1. The standard InChI is InChI=1S/C25H23F4IN4O3S/c1-25(8-3-9-25)34-38(36,37)33-19-5-2-4-13(20(19)27)10-14-11-16(24(31)35)23(22(29)21(14)28)32-18-7-6-15(30)12-17(18)26/h2,4-7,11-12,32-34H,3,8-10H2,1H3,(H2,31,35). The Morgan fingerprint density at radius 1 is 1.00 bits per heavy atom. The molecule has 1 saturated carbocycles. The first-order valence-electron chi connectivity index (χ1n) is 11.4. The van der Waals surface area contributed by atoms with Crippen LogP contribution in [0.5, 0.6) is 0 Å². The van der Waals surface area contributed by atoms with Crippen molar-refractivity contribution in [2.45, 2.75) is 38.1 Å². The molecule has 0 aromatic heterocycles. The first-order chi connectivity index (χ1) is 17.8. The molecule has 0 bridgehead atoms. The third-order valence-corrected chi connectivity index (χ3v) is 8.20. The summed E-state index contributed by atoms with van der Waals surface area (Å²) in [6, 6.07) is 8.71. The highest BCUT2D eigenvalue weighted by Gasteiger charge is 2.36. The van der Waals surface area contributed by atoms with E-state index in [-0.39, 0.29) is 16.9 Å². The molecule has 38 heavy (non-hydrogen) atoms. The maximum Gasteiger partial charge on any atom is 0.299 e. The molecule has 1 aliphatic rings. The Morgan fingerprint density at radius 2 is 1.71 bits per heavy atom. The van der Waals surface area contributed by atoms with E-state index >= 15 is 13.2 Å². The molecule has 4 rings (SSSR count). The van der Waals surface area contributed by atoms with Crippen LogP contribution in [-0.4, -0.2) is 19.9 Å². The molecule has 0 spiro atoms. The molecule has 3 aromatic carbocycles. The van der Waals surface area contributed by atoms with Gasteiger partial charge in [-0.05, 0) is 90.2 Å². The SMILES string of the molecule is CC1(NS(=O)(=O)Nc2cccc(Cc3cc(C(N)=O)c(Nc4ccc(I)cc4F)c(F)c3F)c2F)CCC1. The normalized spacial score (nSPS) is 14.6. The summed E-state index contributed by atoms with van der Waals surface area (Å²) in [6.45, 7) is 1.74. The highest BCUT2D eigenvalue weighted by atomic mass is 127. The van der Waals surface area contributed by atoms with Crippen molar-refractivity contribution in [2.24, 2.45) is 5.73 Å². The quantitative estimate of drug-likeness (QED) is 0.180. The van der Waals surface area contributed by atoms with Crippen LogP contribution in [0.1, 0.15) is 47.7 Å². The molecular formula is C25H23F4IN4O3S. The zero-order valence-electron chi connectivity index (χ0n) is 20.0. The molecule has 0 saturated heterocycles. The Hall–Kier alpha value is -2.91. The number of carbonyl (C=O) groups excluding carboxylic acids is 1.